The van der Waals surface area contributed by atoms with E-state index in [4.69, 9.17) is 14.2 Å². The fraction of sp³-hybridized carbons (Fsp3) is 0.320. The first-order valence-electron chi connectivity index (χ1n) is 11.1. The maximum atomic E-state index is 13.3. The first-order valence-corrected chi connectivity index (χ1v) is 11.1. The normalized spacial score (nSPS) is 16.4. The molecule has 34 heavy (non-hydrogen) atoms. The Labute approximate surface area is 196 Å². The summed E-state index contributed by atoms with van der Waals surface area (Å²) in [5, 5.41) is 4.25. The molecule has 0 saturated carbocycles. The number of nitrogens with zero attached hydrogens (tertiary/aromatic N) is 5. The number of carbonyl (C=O) groups is 1. The van der Waals surface area contributed by atoms with Crippen molar-refractivity contribution < 1.29 is 19.0 Å². The van der Waals surface area contributed by atoms with Crippen molar-refractivity contribution in [3.63, 3.8) is 0 Å². The molecule has 0 radical (unpaired) electrons. The largest absolute Gasteiger partial charge is 0.496 e. The highest BCUT2D eigenvalue weighted by molar-refractivity contribution is 6.01. The van der Waals surface area contributed by atoms with Crippen LogP contribution in [-0.2, 0) is 11.8 Å². The lowest BCUT2D eigenvalue weighted by atomic mass is 9.77. The fourth-order valence-corrected chi connectivity index (χ4v) is 4.85. The molecule has 0 atom stereocenters. The summed E-state index contributed by atoms with van der Waals surface area (Å²) in [5.74, 6) is 0.854. The van der Waals surface area contributed by atoms with E-state index in [9.17, 15) is 4.79 Å². The summed E-state index contributed by atoms with van der Waals surface area (Å²) in [4.78, 5) is 19.7. The second-order valence-corrected chi connectivity index (χ2v) is 9.10. The quantitative estimate of drug-likeness (QED) is 0.456. The van der Waals surface area contributed by atoms with Crippen molar-refractivity contribution >= 4 is 16.9 Å². The number of ether oxygens (including phenoxy) is 3. The Kier molecular flexibility index (Phi) is 4.63. The van der Waals surface area contributed by atoms with Crippen LogP contribution >= 0.6 is 0 Å². The molecule has 2 aliphatic rings. The molecule has 6 rings (SSSR count). The van der Waals surface area contributed by atoms with E-state index in [0.717, 1.165) is 41.1 Å². The minimum Gasteiger partial charge on any atom is -0.496 e. The van der Waals surface area contributed by atoms with Crippen molar-refractivity contribution in [3.05, 3.63) is 54.6 Å². The topological polar surface area (TPSA) is 83.6 Å². The maximum absolute atomic E-state index is 13.3. The van der Waals surface area contributed by atoms with Crippen molar-refractivity contribution in [2.24, 2.45) is 12.5 Å². The number of methoxy groups -OCH3 is 2. The molecule has 2 aromatic carbocycles. The van der Waals surface area contributed by atoms with E-state index >= 15 is 0 Å². The summed E-state index contributed by atoms with van der Waals surface area (Å²) in [5.41, 5.74) is 5.25. The smallest absolute Gasteiger partial charge is 0.261 e. The SMILES string of the molecule is COc1cc(-n2cnc3cc(-c4cnn(C)c4)ccc32)cc(OC)c1C(=O)N1CC2(COC2)C1. The fourth-order valence-electron chi connectivity index (χ4n) is 4.85. The lowest BCUT2D eigenvalue weighted by Crippen LogP contribution is -2.67. The van der Waals surface area contributed by atoms with Gasteiger partial charge in [0.2, 0.25) is 0 Å². The Hall–Kier alpha value is -3.85. The van der Waals surface area contributed by atoms with Gasteiger partial charge in [-0.1, -0.05) is 6.07 Å². The van der Waals surface area contributed by atoms with Crippen molar-refractivity contribution in [1.29, 1.82) is 0 Å². The third-order valence-electron chi connectivity index (χ3n) is 6.72. The Balaban J connectivity index is 1.36. The molecule has 1 spiro atoms. The molecule has 2 fully saturated rings. The molecule has 0 aliphatic carbocycles. The zero-order chi connectivity index (χ0) is 23.4. The third kappa shape index (κ3) is 3.15. The molecule has 2 aliphatic heterocycles. The van der Waals surface area contributed by atoms with E-state index in [2.05, 4.69) is 10.1 Å². The highest BCUT2D eigenvalue weighted by Crippen LogP contribution is 2.41. The highest BCUT2D eigenvalue weighted by Gasteiger charge is 2.51. The summed E-state index contributed by atoms with van der Waals surface area (Å²) < 4.78 is 20.4. The van der Waals surface area contributed by atoms with Crippen molar-refractivity contribution in [2.45, 2.75) is 0 Å². The number of amides is 1. The molecule has 9 heteroatoms. The van der Waals surface area contributed by atoms with E-state index in [-0.39, 0.29) is 11.3 Å². The van der Waals surface area contributed by atoms with E-state index in [1.54, 1.807) is 25.2 Å². The van der Waals surface area contributed by atoms with Crippen LogP contribution < -0.4 is 9.47 Å². The van der Waals surface area contributed by atoms with Crippen molar-refractivity contribution in [2.75, 3.05) is 40.5 Å². The van der Waals surface area contributed by atoms with E-state index in [1.165, 1.54) is 0 Å². The van der Waals surface area contributed by atoms with Crippen molar-refractivity contribution in [3.8, 4) is 28.3 Å². The molecule has 2 saturated heterocycles. The number of imidazole rings is 1. The molecule has 4 heterocycles. The Morgan fingerprint density at radius 1 is 1.06 bits per heavy atom. The zero-order valence-corrected chi connectivity index (χ0v) is 19.3. The van der Waals surface area contributed by atoms with Gasteiger partial charge in [0.1, 0.15) is 23.4 Å². The van der Waals surface area contributed by atoms with Crippen LogP contribution in [0.2, 0.25) is 0 Å². The average molecular weight is 460 g/mol. The summed E-state index contributed by atoms with van der Waals surface area (Å²) >= 11 is 0. The van der Waals surface area contributed by atoms with Gasteiger partial charge in [-0.25, -0.2) is 4.98 Å². The summed E-state index contributed by atoms with van der Waals surface area (Å²) in [6.07, 6.45) is 5.58. The summed E-state index contributed by atoms with van der Waals surface area (Å²) in [7, 11) is 5.03. The first kappa shape index (κ1) is 20.7. The number of aryl methyl sites for hydroxylation is 1. The molecule has 0 N–H and O–H groups in total. The molecule has 0 unspecified atom stereocenters. The van der Waals surface area contributed by atoms with Crippen LogP contribution in [0.15, 0.2) is 49.1 Å². The lowest BCUT2D eigenvalue weighted by molar-refractivity contribution is -0.176. The van der Waals surface area contributed by atoms with Crippen LogP contribution in [0.4, 0.5) is 0 Å². The van der Waals surface area contributed by atoms with Gasteiger partial charge in [0, 0.05) is 44.0 Å². The summed E-state index contributed by atoms with van der Waals surface area (Å²) in [6.45, 7) is 2.84. The Bertz CT molecular complexity index is 1380. The minimum atomic E-state index is -0.0885. The van der Waals surface area contributed by atoms with Gasteiger partial charge in [-0.15, -0.1) is 0 Å². The maximum Gasteiger partial charge on any atom is 0.261 e. The van der Waals surface area contributed by atoms with Gasteiger partial charge in [0.15, 0.2) is 0 Å². The molecule has 174 valence electrons. The molecular weight excluding hydrogens is 434 g/mol. The number of hydrogen-bond acceptors (Lipinski definition) is 6. The number of rotatable bonds is 5. The van der Waals surface area contributed by atoms with Gasteiger partial charge in [-0.3, -0.25) is 14.0 Å². The standard InChI is InChI=1S/C25H25N5O4/c1-28-10-17(9-27-28)16-4-5-20-19(6-16)26-15-30(20)18-7-21(32-2)23(22(8-18)33-3)24(31)29-11-25(12-29)13-34-14-25/h4-10,15H,11-14H2,1-3H3. The summed E-state index contributed by atoms with van der Waals surface area (Å²) in [6, 6.07) is 9.83. The van der Waals surface area contributed by atoms with Crippen LogP contribution in [0, 0.1) is 5.41 Å². The predicted octanol–water partition coefficient (Wildman–Crippen LogP) is 2.92. The van der Waals surface area contributed by atoms with Crippen LogP contribution in [0.1, 0.15) is 10.4 Å². The van der Waals surface area contributed by atoms with Gasteiger partial charge in [-0.2, -0.15) is 5.10 Å². The van der Waals surface area contributed by atoms with Crippen molar-refractivity contribution in [1.82, 2.24) is 24.2 Å². The lowest BCUT2D eigenvalue weighted by Gasteiger charge is -2.54. The second-order valence-electron chi connectivity index (χ2n) is 9.10. The number of aromatic nitrogens is 4. The van der Waals surface area contributed by atoms with Crippen LogP contribution in [-0.4, -0.2) is 70.7 Å². The zero-order valence-electron chi connectivity index (χ0n) is 19.3. The predicted molar refractivity (Wildman–Crippen MR) is 126 cm³/mol. The molecule has 4 aromatic rings. The number of likely N-dealkylation sites (tertiary alicyclic amines) is 1. The van der Waals surface area contributed by atoms with E-state index in [1.807, 2.05) is 59.2 Å². The Morgan fingerprint density at radius 2 is 1.79 bits per heavy atom. The number of hydrogen-bond donors (Lipinski definition) is 0. The monoisotopic (exact) mass is 459 g/mol. The molecule has 0 bridgehead atoms. The molecule has 1 amide bonds. The minimum absolute atomic E-state index is 0.0885. The van der Waals surface area contributed by atoms with Gasteiger partial charge in [-0.05, 0) is 17.7 Å². The molecule has 2 aromatic heterocycles. The highest BCUT2D eigenvalue weighted by atomic mass is 16.5. The Morgan fingerprint density at radius 3 is 2.38 bits per heavy atom. The third-order valence-corrected chi connectivity index (χ3v) is 6.72. The second kappa shape index (κ2) is 7.59. The number of carbonyl (C=O) groups excluding carboxylic acids is 1. The van der Waals surface area contributed by atoms with E-state index in [0.29, 0.717) is 30.2 Å². The van der Waals surface area contributed by atoms with Crippen LogP contribution in [0.25, 0.3) is 27.8 Å². The van der Waals surface area contributed by atoms with Crippen LogP contribution in [0.3, 0.4) is 0 Å². The number of benzene rings is 2. The average Bonchev–Trinajstić information content (AvgIpc) is 3.41. The van der Waals surface area contributed by atoms with Gasteiger partial charge >= 0.3 is 0 Å². The first-order chi connectivity index (χ1) is 16.5. The van der Waals surface area contributed by atoms with E-state index < -0.39 is 0 Å². The van der Waals surface area contributed by atoms with Crippen LogP contribution in [0.5, 0.6) is 11.5 Å². The molecular formula is C25H25N5O4. The van der Waals surface area contributed by atoms with Gasteiger partial charge in [0.05, 0.1) is 55.8 Å². The van der Waals surface area contributed by atoms with Gasteiger partial charge < -0.3 is 19.1 Å². The molecule has 9 nitrogen and oxygen atoms in total. The number of fused-ring (bicyclic) bond motifs is 1. The van der Waals surface area contributed by atoms with Gasteiger partial charge in [0.25, 0.3) is 5.91 Å².